The van der Waals surface area contributed by atoms with Crippen molar-refractivity contribution in [2.24, 2.45) is 0 Å². The van der Waals surface area contributed by atoms with Crippen LogP contribution < -0.4 is 15.5 Å². The van der Waals surface area contributed by atoms with Gasteiger partial charge >= 0.3 is 0 Å². The minimum absolute atomic E-state index is 0. The number of rotatable bonds is 4. The summed E-state index contributed by atoms with van der Waals surface area (Å²) in [5, 5.41) is 6.52. The number of halogens is 1. The lowest BCUT2D eigenvalue weighted by Crippen LogP contribution is -2.46. The fourth-order valence-electron chi connectivity index (χ4n) is 3.51. The van der Waals surface area contributed by atoms with E-state index in [-0.39, 0.29) is 24.4 Å². The zero-order valence-electron chi connectivity index (χ0n) is 14.6. The number of piperidine rings is 1. The van der Waals surface area contributed by atoms with E-state index in [2.05, 4.69) is 64.1 Å². The monoisotopic (exact) mass is 389 g/mol. The number of carbonyl (C=O) groups excluding carboxylic acids is 1. The molecule has 0 bridgehead atoms. The number of nitrogens with zero attached hydrogens (tertiary/aromatic N) is 1. The third-order valence-electron chi connectivity index (χ3n) is 4.76. The lowest BCUT2D eigenvalue weighted by Gasteiger charge is -2.33. The van der Waals surface area contributed by atoms with Crippen molar-refractivity contribution in [3.05, 3.63) is 48.5 Å². The quantitative estimate of drug-likeness (QED) is 0.830. The minimum Gasteiger partial charge on any atom is -0.352 e. The van der Waals surface area contributed by atoms with Gasteiger partial charge in [-0.05, 0) is 43.7 Å². The second-order valence-corrected chi connectivity index (χ2v) is 7.63. The Balaban J connectivity index is 0.00000196. The smallest absolute Gasteiger partial charge is 0.222 e. The van der Waals surface area contributed by atoms with Gasteiger partial charge in [-0.15, -0.1) is 12.4 Å². The molecule has 138 valence electrons. The van der Waals surface area contributed by atoms with Crippen LogP contribution in [0.4, 0.5) is 11.4 Å². The number of fused-ring (bicyclic) bond motifs is 2. The molecule has 1 saturated heterocycles. The Morgan fingerprint density at radius 1 is 1.12 bits per heavy atom. The minimum atomic E-state index is 0. The molecule has 0 aliphatic carbocycles. The molecular formula is C20H24ClN3OS. The molecule has 0 unspecified atom stereocenters. The molecule has 4 rings (SSSR count). The fourth-order valence-corrected chi connectivity index (χ4v) is 4.61. The molecule has 2 N–H and O–H groups in total. The molecule has 4 nitrogen and oxygen atoms in total. The number of hydrogen-bond acceptors (Lipinski definition) is 4. The summed E-state index contributed by atoms with van der Waals surface area (Å²) in [4.78, 5) is 17.2. The number of carbonyl (C=O) groups is 1. The first-order valence-corrected chi connectivity index (χ1v) is 9.76. The number of benzene rings is 2. The Kier molecular flexibility index (Phi) is 6.46. The Morgan fingerprint density at radius 3 is 2.38 bits per heavy atom. The third-order valence-corrected chi connectivity index (χ3v) is 5.89. The fraction of sp³-hybridized carbons (Fsp3) is 0.350. The Hall–Kier alpha value is -1.69. The number of para-hydroxylation sites is 2. The molecule has 0 spiro atoms. The number of nitrogens with one attached hydrogen (secondary N) is 2. The highest BCUT2D eigenvalue weighted by atomic mass is 35.5. The van der Waals surface area contributed by atoms with Gasteiger partial charge in [0.15, 0.2) is 0 Å². The maximum Gasteiger partial charge on any atom is 0.222 e. The molecule has 1 amide bonds. The van der Waals surface area contributed by atoms with Gasteiger partial charge in [-0.1, -0.05) is 36.0 Å². The second kappa shape index (κ2) is 8.80. The number of amides is 1. The largest absolute Gasteiger partial charge is 0.352 e. The van der Waals surface area contributed by atoms with Crippen LogP contribution in [0.25, 0.3) is 0 Å². The van der Waals surface area contributed by atoms with E-state index in [4.69, 9.17) is 0 Å². The van der Waals surface area contributed by atoms with Crippen LogP contribution in [0.5, 0.6) is 0 Å². The zero-order chi connectivity index (χ0) is 17.1. The molecule has 6 heteroatoms. The molecule has 2 aliphatic rings. The van der Waals surface area contributed by atoms with Gasteiger partial charge in [-0.2, -0.15) is 0 Å². The highest BCUT2D eigenvalue weighted by molar-refractivity contribution is 7.99. The van der Waals surface area contributed by atoms with E-state index >= 15 is 0 Å². The van der Waals surface area contributed by atoms with E-state index in [1.54, 1.807) is 11.8 Å². The summed E-state index contributed by atoms with van der Waals surface area (Å²) in [6.07, 6.45) is 2.71. The van der Waals surface area contributed by atoms with Crippen molar-refractivity contribution >= 4 is 41.5 Å². The molecule has 0 aromatic heterocycles. The van der Waals surface area contributed by atoms with Gasteiger partial charge in [-0.25, -0.2) is 0 Å². The Bertz CT molecular complexity index is 719. The van der Waals surface area contributed by atoms with Crippen LogP contribution in [-0.2, 0) is 4.79 Å². The number of hydrogen-bond donors (Lipinski definition) is 2. The molecule has 0 saturated carbocycles. The summed E-state index contributed by atoms with van der Waals surface area (Å²) >= 11 is 1.80. The first-order chi connectivity index (χ1) is 12.3. The van der Waals surface area contributed by atoms with Crippen molar-refractivity contribution in [1.29, 1.82) is 0 Å². The van der Waals surface area contributed by atoms with E-state index in [1.807, 2.05) is 0 Å². The van der Waals surface area contributed by atoms with Crippen molar-refractivity contribution in [1.82, 2.24) is 10.6 Å². The van der Waals surface area contributed by atoms with Crippen LogP contribution in [-0.4, -0.2) is 31.6 Å². The zero-order valence-corrected chi connectivity index (χ0v) is 16.2. The summed E-state index contributed by atoms with van der Waals surface area (Å²) < 4.78 is 0. The van der Waals surface area contributed by atoms with Crippen LogP contribution in [0.3, 0.4) is 0 Å². The van der Waals surface area contributed by atoms with Crippen LogP contribution in [0.15, 0.2) is 58.3 Å². The Morgan fingerprint density at radius 2 is 1.77 bits per heavy atom. The van der Waals surface area contributed by atoms with E-state index in [1.165, 1.54) is 21.2 Å². The third kappa shape index (κ3) is 4.17. The lowest BCUT2D eigenvalue weighted by atomic mass is 10.1. The molecule has 26 heavy (non-hydrogen) atoms. The van der Waals surface area contributed by atoms with Gasteiger partial charge in [0.2, 0.25) is 5.91 Å². The van der Waals surface area contributed by atoms with Gasteiger partial charge in [-0.3, -0.25) is 4.79 Å². The van der Waals surface area contributed by atoms with Crippen LogP contribution in [0, 0.1) is 0 Å². The average molecular weight is 390 g/mol. The molecule has 1 atom stereocenters. The molecule has 2 aromatic carbocycles. The van der Waals surface area contributed by atoms with Crippen molar-refractivity contribution in [2.45, 2.75) is 35.1 Å². The SMILES string of the molecule is Cl.O=C(CCN1c2ccccc2Sc2ccccc21)N[C@H]1CCCNC1. The van der Waals surface area contributed by atoms with E-state index in [0.717, 1.165) is 25.9 Å². The molecular weight excluding hydrogens is 366 g/mol. The maximum atomic E-state index is 12.4. The van der Waals surface area contributed by atoms with Crippen molar-refractivity contribution in [3.63, 3.8) is 0 Å². The summed E-state index contributed by atoms with van der Waals surface area (Å²) in [7, 11) is 0. The average Bonchev–Trinajstić information content (AvgIpc) is 2.66. The summed E-state index contributed by atoms with van der Waals surface area (Å²) in [5.41, 5.74) is 2.39. The van der Waals surface area contributed by atoms with Gasteiger partial charge in [0.1, 0.15) is 0 Å². The van der Waals surface area contributed by atoms with Crippen molar-refractivity contribution < 1.29 is 4.79 Å². The highest BCUT2D eigenvalue weighted by Crippen LogP contribution is 2.47. The van der Waals surface area contributed by atoms with Crippen LogP contribution in [0.1, 0.15) is 19.3 Å². The lowest BCUT2D eigenvalue weighted by molar-refractivity contribution is -0.121. The molecule has 2 heterocycles. The molecule has 0 radical (unpaired) electrons. The van der Waals surface area contributed by atoms with Crippen LogP contribution in [0.2, 0.25) is 0 Å². The predicted molar refractivity (Wildman–Crippen MR) is 110 cm³/mol. The van der Waals surface area contributed by atoms with Crippen molar-refractivity contribution in [2.75, 3.05) is 24.5 Å². The molecule has 1 fully saturated rings. The number of anilines is 2. The van der Waals surface area contributed by atoms with Gasteiger partial charge < -0.3 is 15.5 Å². The van der Waals surface area contributed by atoms with E-state index in [0.29, 0.717) is 13.0 Å². The van der Waals surface area contributed by atoms with E-state index in [9.17, 15) is 4.79 Å². The second-order valence-electron chi connectivity index (χ2n) is 6.55. The normalized spacial score (nSPS) is 18.3. The first-order valence-electron chi connectivity index (χ1n) is 8.95. The first kappa shape index (κ1) is 19.1. The highest BCUT2D eigenvalue weighted by Gasteiger charge is 2.23. The molecule has 2 aliphatic heterocycles. The van der Waals surface area contributed by atoms with Crippen molar-refractivity contribution in [3.8, 4) is 0 Å². The van der Waals surface area contributed by atoms with E-state index < -0.39 is 0 Å². The van der Waals surface area contributed by atoms with Crippen LogP contribution >= 0.6 is 24.2 Å². The Labute approximate surface area is 165 Å². The maximum absolute atomic E-state index is 12.4. The van der Waals surface area contributed by atoms with Gasteiger partial charge in [0.25, 0.3) is 0 Å². The summed E-state index contributed by atoms with van der Waals surface area (Å²) in [6, 6.07) is 17.1. The van der Waals surface area contributed by atoms with Gasteiger partial charge in [0.05, 0.1) is 11.4 Å². The summed E-state index contributed by atoms with van der Waals surface area (Å²) in [5.74, 6) is 0.141. The predicted octanol–water partition coefficient (Wildman–Crippen LogP) is 3.97. The van der Waals surface area contributed by atoms with Gasteiger partial charge in [0, 0.05) is 35.3 Å². The standard InChI is InChI=1S/C20H23N3OS.ClH/c24-20(22-15-6-5-12-21-14-15)11-13-23-16-7-1-3-9-18(16)25-19-10-4-2-8-17(19)23;/h1-4,7-10,15,21H,5-6,11-14H2,(H,22,24);1H/t15-;/m0./s1. The molecule has 2 aromatic rings. The summed E-state index contributed by atoms with van der Waals surface area (Å²) in [6.45, 7) is 2.64. The topological polar surface area (TPSA) is 44.4 Å².